The fourth-order valence-corrected chi connectivity index (χ4v) is 3.20. The molecule has 1 aliphatic heterocycles. The summed E-state index contributed by atoms with van der Waals surface area (Å²) in [6, 6.07) is 9.95. The third-order valence-electron chi connectivity index (χ3n) is 4.90. The molecule has 1 aliphatic rings. The monoisotopic (exact) mass is 429 g/mol. The fourth-order valence-electron chi connectivity index (χ4n) is 3.20. The summed E-state index contributed by atoms with van der Waals surface area (Å²) in [6.45, 7) is -0.0671. The van der Waals surface area contributed by atoms with E-state index >= 15 is 0 Å². The van der Waals surface area contributed by atoms with Crippen LogP contribution in [0, 0.1) is 17.6 Å². The van der Waals surface area contributed by atoms with Gasteiger partial charge in [0.15, 0.2) is 0 Å². The van der Waals surface area contributed by atoms with Gasteiger partial charge in [-0.05, 0) is 48.4 Å². The number of halogens is 2. The van der Waals surface area contributed by atoms with Crippen molar-refractivity contribution < 1.29 is 23.2 Å². The highest BCUT2D eigenvalue weighted by atomic mass is 19.1. The van der Waals surface area contributed by atoms with E-state index in [-0.39, 0.29) is 25.1 Å². The predicted molar refractivity (Wildman–Crippen MR) is 110 cm³/mol. The zero-order valence-corrected chi connectivity index (χ0v) is 16.4. The number of rotatable bonds is 8. The maximum absolute atomic E-state index is 13.2. The van der Waals surface area contributed by atoms with Crippen molar-refractivity contribution in [1.29, 1.82) is 0 Å². The fraction of sp³-hybridized carbons (Fsp3) is 0.238. The minimum Gasteiger partial charge on any atom is -0.369 e. The number of carbonyl (C=O) groups is 3. The zero-order valence-electron chi connectivity index (χ0n) is 16.4. The van der Waals surface area contributed by atoms with Crippen molar-refractivity contribution in [3.63, 3.8) is 0 Å². The Hall–Kier alpha value is -3.82. The molecule has 0 aromatic heterocycles. The first kappa shape index (κ1) is 21.9. The van der Waals surface area contributed by atoms with Crippen LogP contribution in [0.15, 0.2) is 53.6 Å². The van der Waals surface area contributed by atoms with Crippen LogP contribution in [0.1, 0.15) is 12.0 Å². The van der Waals surface area contributed by atoms with Crippen molar-refractivity contribution in [1.82, 2.24) is 5.32 Å². The Morgan fingerprint density at radius 3 is 2.16 bits per heavy atom. The SMILES string of the molecule is NC(=O)C(CNC(=O)C1=NN(c2ccc(F)cc2)C(C(N)=O)C1)Cc1ccc(F)cc1. The van der Waals surface area contributed by atoms with Gasteiger partial charge < -0.3 is 16.8 Å². The summed E-state index contributed by atoms with van der Waals surface area (Å²) in [4.78, 5) is 36.2. The minimum atomic E-state index is -0.905. The number of nitrogens with one attached hydrogen (secondary N) is 1. The Labute approximate surface area is 176 Å². The van der Waals surface area contributed by atoms with Crippen molar-refractivity contribution in [2.24, 2.45) is 22.5 Å². The first-order valence-electron chi connectivity index (χ1n) is 9.48. The lowest BCUT2D eigenvalue weighted by Crippen LogP contribution is -2.41. The molecule has 0 radical (unpaired) electrons. The summed E-state index contributed by atoms with van der Waals surface area (Å²) in [6.07, 6.45) is 0.172. The molecule has 0 saturated carbocycles. The number of hydrogen-bond donors (Lipinski definition) is 3. The summed E-state index contributed by atoms with van der Waals surface area (Å²) in [7, 11) is 0. The second kappa shape index (κ2) is 9.33. The molecule has 0 aliphatic carbocycles. The predicted octanol–water partition coefficient (Wildman–Crippen LogP) is 0.845. The number of primary amides is 2. The van der Waals surface area contributed by atoms with E-state index in [2.05, 4.69) is 10.4 Å². The molecule has 10 heteroatoms. The van der Waals surface area contributed by atoms with Crippen molar-refractivity contribution in [3.8, 4) is 0 Å². The van der Waals surface area contributed by atoms with Crippen LogP contribution in [-0.4, -0.2) is 36.0 Å². The maximum atomic E-state index is 13.2. The lowest BCUT2D eigenvalue weighted by Gasteiger charge is -2.20. The molecule has 31 heavy (non-hydrogen) atoms. The first-order chi connectivity index (χ1) is 14.7. The number of nitrogens with zero attached hydrogens (tertiary/aromatic N) is 2. The van der Waals surface area contributed by atoms with E-state index in [1.165, 1.54) is 53.5 Å². The quantitative estimate of drug-likeness (QED) is 0.574. The van der Waals surface area contributed by atoms with Crippen LogP contribution in [0.3, 0.4) is 0 Å². The largest absolute Gasteiger partial charge is 0.369 e. The van der Waals surface area contributed by atoms with Gasteiger partial charge in [0, 0.05) is 13.0 Å². The second-order valence-corrected chi connectivity index (χ2v) is 7.13. The van der Waals surface area contributed by atoms with Gasteiger partial charge in [0.2, 0.25) is 11.8 Å². The Kier molecular flexibility index (Phi) is 6.58. The van der Waals surface area contributed by atoms with Gasteiger partial charge in [-0.3, -0.25) is 19.4 Å². The highest BCUT2D eigenvalue weighted by Crippen LogP contribution is 2.25. The molecular weight excluding hydrogens is 408 g/mol. The summed E-state index contributed by atoms with van der Waals surface area (Å²) in [5, 5.41) is 8.02. The molecule has 3 amide bonds. The third kappa shape index (κ3) is 5.41. The van der Waals surface area contributed by atoms with E-state index in [0.717, 1.165) is 0 Å². The van der Waals surface area contributed by atoms with Crippen molar-refractivity contribution in [2.45, 2.75) is 18.9 Å². The van der Waals surface area contributed by atoms with Crippen molar-refractivity contribution >= 4 is 29.1 Å². The van der Waals surface area contributed by atoms with E-state index in [9.17, 15) is 23.2 Å². The first-order valence-corrected chi connectivity index (χ1v) is 9.48. The Morgan fingerprint density at radius 2 is 1.61 bits per heavy atom. The molecular formula is C21H21F2N5O3. The Morgan fingerprint density at radius 1 is 1.03 bits per heavy atom. The van der Waals surface area contributed by atoms with Crippen LogP contribution in [0.25, 0.3) is 0 Å². The summed E-state index contributed by atoms with van der Waals surface area (Å²) < 4.78 is 26.2. The van der Waals surface area contributed by atoms with Gasteiger partial charge in [0.1, 0.15) is 23.4 Å². The smallest absolute Gasteiger partial charge is 0.267 e. The number of carbonyl (C=O) groups excluding carboxylic acids is 3. The average molecular weight is 429 g/mol. The van der Waals surface area contributed by atoms with Crippen LogP contribution in [0.4, 0.5) is 14.5 Å². The normalized spacial score (nSPS) is 16.5. The highest BCUT2D eigenvalue weighted by Gasteiger charge is 2.35. The van der Waals surface area contributed by atoms with Gasteiger partial charge in [-0.15, -0.1) is 0 Å². The van der Waals surface area contributed by atoms with Crippen molar-refractivity contribution in [3.05, 3.63) is 65.7 Å². The molecule has 0 fully saturated rings. The van der Waals surface area contributed by atoms with E-state index in [1.54, 1.807) is 0 Å². The van der Waals surface area contributed by atoms with Crippen LogP contribution in [0.5, 0.6) is 0 Å². The number of hydrogen-bond acceptors (Lipinski definition) is 5. The van der Waals surface area contributed by atoms with Gasteiger partial charge in [-0.25, -0.2) is 8.78 Å². The Bertz CT molecular complexity index is 1010. The number of nitrogens with two attached hydrogens (primary N) is 2. The summed E-state index contributed by atoms with van der Waals surface area (Å²) in [5.74, 6) is -3.48. The standard InChI is InChI=1S/C21H21F2N5O3/c22-14-3-1-12(2-4-14)9-13(19(24)29)11-26-21(31)17-10-18(20(25)30)28(27-17)16-7-5-15(23)6-8-16/h1-8,13,18H,9-11H2,(H2,24,29)(H2,25,30)(H,26,31). The maximum Gasteiger partial charge on any atom is 0.267 e. The number of anilines is 1. The molecule has 3 rings (SSSR count). The summed E-state index contributed by atoms with van der Waals surface area (Å²) >= 11 is 0. The van der Waals surface area contributed by atoms with Crippen LogP contribution in [0.2, 0.25) is 0 Å². The number of benzene rings is 2. The molecule has 1 heterocycles. The summed E-state index contributed by atoms with van der Waals surface area (Å²) in [5.41, 5.74) is 12.0. The topological polar surface area (TPSA) is 131 Å². The van der Waals surface area contributed by atoms with Gasteiger partial charge in [0.25, 0.3) is 5.91 Å². The van der Waals surface area contributed by atoms with Gasteiger partial charge >= 0.3 is 0 Å². The van der Waals surface area contributed by atoms with Crippen LogP contribution >= 0.6 is 0 Å². The lowest BCUT2D eigenvalue weighted by atomic mass is 9.98. The van der Waals surface area contributed by atoms with Crippen LogP contribution < -0.4 is 21.8 Å². The van der Waals surface area contributed by atoms with E-state index in [1.807, 2.05) is 0 Å². The van der Waals surface area contributed by atoms with E-state index < -0.39 is 41.3 Å². The van der Waals surface area contributed by atoms with Crippen molar-refractivity contribution in [2.75, 3.05) is 11.6 Å². The van der Waals surface area contributed by atoms with Gasteiger partial charge in [-0.2, -0.15) is 5.10 Å². The molecule has 2 atom stereocenters. The number of amides is 3. The Balaban J connectivity index is 1.68. The molecule has 162 valence electrons. The van der Waals surface area contributed by atoms with Gasteiger partial charge in [-0.1, -0.05) is 12.1 Å². The average Bonchev–Trinajstić information content (AvgIpc) is 3.18. The molecule has 5 N–H and O–H groups in total. The molecule has 0 bridgehead atoms. The molecule has 2 aromatic rings. The molecule has 8 nitrogen and oxygen atoms in total. The molecule has 2 unspecified atom stereocenters. The third-order valence-corrected chi connectivity index (χ3v) is 4.90. The molecule has 2 aromatic carbocycles. The van der Waals surface area contributed by atoms with E-state index in [0.29, 0.717) is 11.3 Å². The highest BCUT2D eigenvalue weighted by molar-refractivity contribution is 6.40. The number of hydrazone groups is 1. The molecule has 0 saturated heterocycles. The minimum absolute atomic E-state index is 0.0399. The lowest BCUT2D eigenvalue weighted by molar-refractivity contribution is -0.122. The van der Waals surface area contributed by atoms with Gasteiger partial charge in [0.05, 0.1) is 11.6 Å². The van der Waals surface area contributed by atoms with Crippen LogP contribution in [-0.2, 0) is 20.8 Å². The molecule has 0 spiro atoms. The zero-order chi connectivity index (χ0) is 22.5. The second-order valence-electron chi connectivity index (χ2n) is 7.13. The van der Waals surface area contributed by atoms with E-state index in [4.69, 9.17) is 11.5 Å².